The number of aryl methyl sites for hydroxylation is 6. The fourth-order valence-electron chi connectivity index (χ4n) is 4.70. The van der Waals surface area contributed by atoms with E-state index in [9.17, 15) is 0 Å². The Morgan fingerprint density at radius 1 is 0.778 bits per heavy atom. The van der Waals surface area contributed by atoms with Crippen LogP contribution in [0.4, 0.5) is 11.4 Å². The van der Waals surface area contributed by atoms with Crippen molar-refractivity contribution in [2.75, 3.05) is 22.9 Å². The summed E-state index contributed by atoms with van der Waals surface area (Å²) in [6.07, 6.45) is 0. The number of hydrogen-bond donors (Lipinski definition) is 0. The van der Waals surface area contributed by atoms with Crippen molar-refractivity contribution >= 4 is 35.4 Å². The summed E-state index contributed by atoms with van der Waals surface area (Å²) >= 11 is -1.61. The summed E-state index contributed by atoms with van der Waals surface area (Å²) in [4.78, 5) is 4.81. The molecular weight excluding hydrogens is 574 g/mol. The summed E-state index contributed by atoms with van der Waals surface area (Å²) in [6, 6.07) is 20.8. The summed E-state index contributed by atoms with van der Waals surface area (Å²) < 4.78 is 1.92. The van der Waals surface area contributed by atoms with Crippen molar-refractivity contribution in [2.24, 2.45) is 0 Å². The van der Waals surface area contributed by atoms with Crippen molar-refractivity contribution in [3.05, 3.63) is 100 Å². The fraction of sp³-hybridized carbons (Fsp3) is 0.300. The number of halogens is 2. The molecule has 3 nitrogen and oxygen atoms in total. The molecule has 3 aromatic carbocycles. The Kier molecular flexibility index (Phi) is 12.1. The Bertz CT molecular complexity index is 1120. The van der Waals surface area contributed by atoms with Crippen LogP contribution in [0.2, 0.25) is 0 Å². The molecule has 0 N–H and O–H groups in total. The minimum atomic E-state index is -1.61. The second-order valence-electron chi connectivity index (χ2n) is 8.94. The first-order valence-electron chi connectivity index (χ1n) is 11.8. The van der Waals surface area contributed by atoms with E-state index in [1.54, 1.807) is 6.07 Å². The van der Waals surface area contributed by atoms with Crippen molar-refractivity contribution in [3.8, 4) is 6.07 Å². The van der Waals surface area contributed by atoms with Gasteiger partial charge in [0.25, 0.3) is 0 Å². The van der Waals surface area contributed by atoms with E-state index in [1.807, 2.05) is 34.9 Å². The standard InChI is InChI=1S/C21H27N2.C7H6.C2H3N.2ClH.Ru/c1-14-9-16(3)20(17(4)10-14)22-7-8-23(13-22)21-18(5)11-15(2)12-19(21)6;1-7-5-3-2-4-6-7;1-2-3;;;/h9-13H,7-8H2,1-6H3;1-6H;1H3;2*1H;/q-1;;;;;+2/p-2. The number of nitriles is 1. The maximum atomic E-state index is 7.32. The van der Waals surface area contributed by atoms with E-state index in [-0.39, 0.29) is 0 Å². The topological polar surface area (TPSA) is 30.3 Å². The van der Waals surface area contributed by atoms with E-state index in [2.05, 4.69) is 82.3 Å². The minimum absolute atomic E-state index is 1.04. The SMILES string of the molecule is CC#N.Cc1cc(C)c(N2[CH-]N(c3c(C)cc(C)cc3C)CC2)c(C)c1.[Cl][Ru]([Cl])=[CH]c1ccccc1. The van der Waals surface area contributed by atoms with Crippen LogP contribution >= 0.6 is 19.4 Å². The summed E-state index contributed by atoms with van der Waals surface area (Å²) in [5.41, 5.74) is 12.0. The van der Waals surface area contributed by atoms with Gasteiger partial charge in [-0.2, -0.15) is 11.9 Å². The second kappa shape index (κ2) is 14.5. The van der Waals surface area contributed by atoms with Crippen LogP contribution in [0.15, 0.2) is 54.6 Å². The first-order chi connectivity index (χ1) is 17.1. The van der Waals surface area contributed by atoms with Crippen molar-refractivity contribution in [1.82, 2.24) is 0 Å². The van der Waals surface area contributed by atoms with Gasteiger partial charge in [-0.15, -0.1) is 0 Å². The molecule has 36 heavy (non-hydrogen) atoms. The van der Waals surface area contributed by atoms with Gasteiger partial charge in [-0.25, -0.2) is 0 Å². The zero-order chi connectivity index (χ0) is 26.8. The average Bonchev–Trinajstić information content (AvgIpc) is 3.22. The summed E-state index contributed by atoms with van der Waals surface area (Å²) in [6.45, 7) is 19.0. The average molecular weight is 611 g/mol. The number of hydrogen-bond acceptors (Lipinski definition) is 3. The van der Waals surface area contributed by atoms with Gasteiger partial charge in [-0.1, -0.05) is 35.4 Å². The molecule has 0 amide bonds. The fourth-order valence-corrected chi connectivity index (χ4v) is 6.53. The van der Waals surface area contributed by atoms with Crippen LogP contribution in [0.1, 0.15) is 45.9 Å². The van der Waals surface area contributed by atoms with Crippen molar-refractivity contribution in [2.45, 2.75) is 48.5 Å². The molecule has 1 aliphatic rings. The zero-order valence-electron chi connectivity index (χ0n) is 22.2. The van der Waals surface area contributed by atoms with Gasteiger partial charge >= 0.3 is 73.4 Å². The summed E-state index contributed by atoms with van der Waals surface area (Å²) in [7, 11) is 11.3. The van der Waals surface area contributed by atoms with Gasteiger partial charge < -0.3 is 9.80 Å². The molecule has 0 saturated carbocycles. The molecule has 1 fully saturated rings. The van der Waals surface area contributed by atoms with E-state index >= 15 is 0 Å². The van der Waals surface area contributed by atoms with E-state index in [0.29, 0.717) is 0 Å². The molecule has 0 aromatic heterocycles. The Hall–Kier alpha value is -2.18. The Balaban J connectivity index is 0.000000292. The van der Waals surface area contributed by atoms with Gasteiger partial charge in [0.2, 0.25) is 0 Å². The predicted molar refractivity (Wildman–Crippen MR) is 155 cm³/mol. The zero-order valence-corrected chi connectivity index (χ0v) is 25.5. The van der Waals surface area contributed by atoms with Crippen LogP contribution < -0.4 is 9.80 Å². The molecule has 0 bridgehead atoms. The number of benzene rings is 3. The molecule has 194 valence electrons. The number of nitrogens with zero attached hydrogens (tertiary/aromatic N) is 3. The molecule has 6 heteroatoms. The molecule has 0 unspecified atom stereocenters. The van der Waals surface area contributed by atoms with Crippen LogP contribution in [-0.4, -0.2) is 17.7 Å². The van der Waals surface area contributed by atoms with E-state index < -0.39 is 13.5 Å². The molecule has 1 aliphatic heterocycles. The van der Waals surface area contributed by atoms with Crippen LogP contribution in [0, 0.1) is 59.5 Å². The van der Waals surface area contributed by atoms with E-state index in [4.69, 9.17) is 24.6 Å². The van der Waals surface area contributed by atoms with E-state index in [1.165, 1.54) is 51.7 Å². The molecule has 4 rings (SSSR count). The van der Waals surface area contributed by atoms with Gasteiger partial charge in [0.15, 0.2) is 0 Å². The van der Waals surface area contributed by atoms with Gasteiger partial charge in [-0.3, -0.25) is 0 Å². The van der Waals surface area contributed by atoms with Crippen LogP contribution in [-0.2, 0) is 13.5 Å². The Labute approximate surface area is 230 Å². The molecule has 3 aromatic rings. The molecule has 0 spiro atoms. The second-order valence-corrected chi connectivity index (χ2v) is 14.7. The monoisotopic (exact) mass is 610 g/mol. The third-order valence-electron chi connectivity index (χ3n) is 5.70. The molecule has 0 aliphatic carbocycles. The summed E-state index contributed by atoms with van der Waals surface area (Å²) in [5.74, 6) is 0. The Morgan fingerprint density at radius 2 is 1.14 bits per heavy atom. The van der Waals surface area contributed by atoms with Gasteiger partial charge in [0.05, 0.1) is 6.07 Å². The van der Waals surface area contributed by atoms with Crippen molar-refractivity contribution in [3.63, 3.8) is 0 Å². The van der Waals surface area contributed by atoms with Gasteiger partial charge in [0.1, 0.15) is 0 Å². The molecular formula is C30H36Cl2N3Ru-. The quantitative estimate of drug-likeness (QED) is 0.221. The van der Waals surface area contributed by atoms with Crippen molar-refractivity contribution < 1.29 is 13.5 Å². The number of rotatable bonds is 3. The summed E-state index contributed by atoms with van der Waals surface area (Å²) in [5, 5.41) is 7.32. The van der Waals surface area contributed by atoms with Gasteiger partial charge in [0, 0.05) is 31.4 Å². The third kappa shape index (κ3) is 8.74. The van der Waals surface area contributed by atoms with Crippen LogP contribution in [0.25, 0.3) is 0 Å². The van der Waals surface area contributed by atoms with Crippen LogP contribution in [0.5, 0.6) is 0 Å². The molecule has 0 radical (unpaired) electrons. The third-order valence-corrected chi connectivity index (χ3v) is 7.57. The number of anilines is 2. The molecule has 1 saturated heterocycles. The van der Waals surface area contributed by atoms with Crippen LogP contribution in [0.3, 0.4) is 0 Å². The Morgan fingerprint density at radius 3 is 1.47 bits per heavy atom. The normalized spacial score (nSPS) is 12.6. The first kappa shape index (κ1) is 30.0. The predicted octanol–water partition coefficient (Wildman–Crippen LogP) is 8.28. The molecule has 0 atom stereocenters. The van der Waals surface area contributed by atoms with Gasteiger partial charge in [-0.05, 0) is 63.8 Å². The van der Waals surface area contributed by atoms with E-state index in [0.717, 1.165) is 18.7 Å². The van der Waals surface area contributed by atoms with Crippen molar-refractivity contribution in [1.29, 1.82) is 5.26 Å². The maximum absolute atomic E-state index is 7.32. The first-order valence-corrected chi connectivity index (χ1v) is 17.3. The molecule has 1 heterocycles.